The van der Waals surface area contributed by atoms with Gasteiger partial charge < -0.3 is 10.1 Å². The van der Waals surface area contributed by atoms with Gasteiger partial charge in [-0.25, -0.2) is 5.43 Å². The van der Waals surface area contributed by atoms with Gasteiger partial charge in [-0.3, -0.25) is 4.79 Å². The summed E-state index contributed by atoms with van der Waals surface area (Å²) >= 11 is 3.39. The zero-order chi connectivity index (χ0) is 17.4. The first-order valence-electron chi connectivity index (χ1n) is 7.61. The summed E-state index contributed by atoms with van der Waals surface area (Å²) in [6.45, 7) is 1.95. The van der Waals surface area contributed by atoms with Crippen molar-refractivity contribution < 1.29 is 9.53 Å². The van der Waals surface area contributed by atoms with Crippen LogP contribution < -0.4 is 15.5 Å². The minimum absolute atomic E-state index is 0.176. The van der Waals surface area contributed by atoms with Crippen LogP contribution in [0.25, 0.3) is 0 Å². The minimum Gasteiger partial charge on any atom is -0.497 e. The first-order chi connectivity index (χ1) is 11.6. The molecule has 0 radical (unpaired) electrons. The molecular weight excluding hydrogens is 370 g/mol. The number of nitrogens with one attached hydrogen (secondary N) is 2. The van der Waals surface area contributed by atoms with Gasteiger partial charge in [0.2, 0.25) is 0 Å². The third-order valence-corrected chi connectivity index (χ3v) is 3.94. The number of nitrogens with zero attached hydrogens (tertiary/aromatic N) is 1. The molecule has 0 saturated heterocycles. The average molecular weight is 390 g/mol. The van der Waals surface area contributed by atoms with Crippen molar-refractivity contribution in [3.05, 3.63) is 58.6 Å². The minimum atomic E-state index is -0.348. The molecule has 0 spiro atoms. The second kappa shape index (κ2) is 9.08. The highest BCUT2D eigenvalue weighted by molar-refractivity contribution is 9.10. The summed E-state index contributed by atoms with van der Waals surface area (Å²) in [6.07, 6.45) is 2.25. The zero-order valence-corrected chi connectivity index (χ0v) is 15.2. The van der Waals surface area contributed by atoms with Crippen LogP contribution in [0, 0.1) is 0 Å². The van der Waals surface area contributed by atoms with Crippen LogP contribution in [-0.2, 0) is 4.79 Å². The molecule has 0 aromatic heterocycles. The van der Waals surface area contributed by atoms with Crippen molar-refractivity contribution in [3.63, 3.8) is 0 Å². The van der Waals surface area contributed by atoms with Crippen molar-refractivity contribution in [2.45, 2.75) is 19.4 Å². The lowest BCUT2D eigenvalue weighted by Crippen LogP contribution is -2.36. The van der Waals surface area contributed by atoms with E-state index >= 15 is 0 Å². The molecule has 2 rings (SSSR count). The Hall–Kier alpha value is -2.34. The first-order valence-corrected chi connectivity index (χ1v) is 8.40. The number of hydrogen-bond donors (Lipinski definition) is 2. The highest BCUT2D eigenvalue weighted by atomic mass is 79.9. The smallest absolute Gasteiger partial charge is 0.262 e. The van der Waals surface area contributed by atoms with Gasteiger partial charge in [0.1, 0.15) is 11.8 Å². The van der Waals surface area contributed by atoms with E-state index in [0.717, 1.165) is 21.5 Å². The van der Waals surface area contributed by atoms with Gasteiger partial charge in [-0.1, -0.05) is 22.9 Å². The summed E-state index contributed by atoms with van der Waals surface area (Å²) in [5.74, 6) is 0.603. The Kier molecular flexibility index (Phi) is 6.81. The Morgan fingerprint density at radius 2 is 1.88 bits per heavy atom. The van der Waals surface area contributed by atoms with Crippen molar-refractivity contribution in [3.8, 4) is 5.75 Å². The highest BCUT2D eigenvalue weighted by Crippen LogP contribution is 2.15. The number of rotatable bonds is 7. The van der Waals surface area contributed by atoms with Gasteiger partial charge in [0.05, 0.1) is 13.3 Å². The van der Waals surface area contributed by atoms with Crippen molar-refractivity contribution in [2.75, 3.05) is 12.4 Å². The molecule has 0 saturated carbocycles. The summed E-state index contributed by atoms with van der Waals surface area (Å²) in [5, 5.41) is 7.20. The Morgan fingerprint density at radius 3 is 2.46 bits per heavy atom. The van der Waals surface area contributed by atoms with Crippen LogP contribution in [0.3, 0.4) is 0 Å². The molecule has 1 atom stereocenters. The molecule has 0 aliphatic rings. The molecule has 1 unspecified atom stereocenters. The lowest BCUT2D eigenvalue weighted by molar-refractivity contribution is -0.121. The normalized spacial score (nSPS) is 12.0. The average Bonchev–Trinajstić information content (AvgIpc) is 2.61. The standard InChI is InChI=1S/C18H20BrN3O2/c1-3-17(21-15-8-6-14(19)7-9-15)18(23)22-20-12-13-4-10-16(24-2)11-5-13/h4-12,17,21H,3H2,1-2H3,(H,22,23). The predicted octanol–water partition coefficient (Wildman–Crippen LogP) is 3.80. The third-order valence-electron chi connectivity index (χ3n) is 3.41. The predicted molar refractivity (Wildman–Crippen MR) is 101 cm³/mol. The highest BCUT2D eigenvalue weighted by Gasteiger charge is 2.15. The van der Waals surface area contributed by atoms with Crippen LogP contribution in [0.4, 0.5) is 5.69 Å². The number of halogens is 1. The second-order valence-electron chi connectivity index (χ2n) is 5.12. The third kappa shape index (κ3) is 5.38. The number of hydrazone groups is 1. The number of benzene rings is 2. The van der Waals surface area contributed by atoms with Crippen LogP contribution >= 0.6 is 15.9 Å². The molecule has 2 aromatic carbocycles. The van der Waals surface area contributed by atoms with Crippen molar-refractivity contribution >= 4 is 33.7 Å². The number of carbonyl (C=O) groups is 1. The van der Waals surface area contributed by atoms with E-state index in [2.05, 4.69) is 31.8 Å². The van der Waals surface area contributed by atoms with Crippen LogP contribution in [0.15, 0.2) is 58.1 Å². The molecule has 24 heavy (non-hydrogen) atoms. The van der Waals surface area contributed by atoms with Crippen LogP contribution in [0.5, 0.6) is 5.75 Å². The molecule has 0 aliphatic carbocycles. The molecule has 2 aromatic rings. The van der Waals surface area contributed by atoms with E-state index in [4.69, 9.17) is 4.74 Å². The lowest BCUT2D eigenvalue weighted by atomic mass is 10.2. The fourth-order valence-corrected chi connectivity index (χ4v) is 2.30. The molecule has 1 amide bonds. The Morgan fingerprint density at radius 1 is 1.21 bits per heavy atom. The quantitative estimate of drug-likeness (QED) is 0.559. The van der Waals surface area contributed by atoms with E-state index in [1.807, 2.05) is 55.5 Å². The van der Waals surface area contributed by atoms with E-state index in [1.54, 1.807) is 13.3 Å². The monoisotopic (exact) mass is 389 g/mol. The van der Waals surface area contributed by atoms with E-state index in [0.29, 0.717) is 6.42 Å². The zero-order valence-electron chi connectivity index (χ0n) is 13.6. The van der Waals surface area contributed by atoms with Crippen LogP contribution in [0.1, 0.15) is 18.9 Å². The number of anilines is 1. The first kappa shape index (κ1) is 18.0. The van der Waals surface area contributed by atoms with Gasteiger partial charge in [-0.05, 0) is 60.5 Å². The molecular formula is C18H20BrN3O2. The summed E-state index contributed by atoms with van der Waals surface area (Å²) in [4.78, 5) is 12.2. The summed E-state index contributed by atoms with van der Waals surface area (Å²) in [7, 11) is 1.62. The fraction of sp³-hybridized carbons (Fsp3) is 0.222. The SMILES string of the molecule is CCC(Nc1ccc(Br)cc1)C(=O)NN=Cc1ccc(OC)cc1. The molecule has 0 fully saturated rings. The Balaban J connectivity index is 1.90. The number of amides is 1. The van der Waals surface area contributed by atoms with Gasteiger partial charge in [-0.15, -0.1) is 0 Å². The lowest BCUT2D eigenvalue weighted by Gasteiger charge is -2.16. The molecule has 0 heterocycles. The van der Waals surface area contributed by atoms with Gasteiger partial charge in [0.15, 0.2) is 0 Å². The maximum Gasteiger partial charge on any atom is 0.262 e. The van der Waals surface area contributed by atoms with Crippen LogP contribution in [-0.4, -0.2) is 25.3 Å². The number of hydrogen-bond acceptors (Lipinski definition) is 4. The van der Waals surface area contributed by atoms with E-state index in [1.165, 1.54) is 0 Å². The molecule has 0 aliphatic heterocycles. The number of methoxy groups -OCH3 is 1. The second-order valence-corrected chi connectivity index (χ2v) is 6.04. The largest absolute Gasteiger partial charge is 0.497 e. The molecule has 2 N–H and O–H groups in total. The Labute approximate surface area is 150 Å². The van der Waals surface area contributed by atoms with E-state index in [9.17, 15) is 4.79 Å². The Bertz CT molecular complexity index is 684. The van der Waals surface area contributed by atoms with Gasteiger partial charge in [-0.2, -0.15) is 5.10 Å². The molecule has 6 heteroatoms. The summed E-state index contributed by atoms with van der Waals surface area (Å²) in [6, 6.07) is 14.8. The topological polar surface area (TPSA) is 62.7 Å². The number of carbonyl (C=O) groups excluding carboxylic acids is 1. The maximum atomic E-state index is 12.2. The van der Waals surface area contributed by atoms with Crippen molar-refractivity contribution in [1.29, 1.82) is 0 Å². The fourth-order valence-electron chi connectivity index (χ4n) is 2.04. The van der Waals surface area contributed by atoms with Crippen molar-refractivity contribution in [1.82, 2.24) is 5.43 Å². The van der Waals surface area contributed by atoms with E-state index < -0.39 is 0 Å². The van der Waals surface area contributed by atoms with Gasteiger partial charge in [0, 0.05) is 10.2 Å². The maximum absolute atomic E-state index is 12.2. The van der Waals surface area contributed by atoms with Gasteiger partial charge in [0.25, 0.3) is 5.91 Å². The molecule has 5 nitrogen and oxygen atoms in total. The molecule has 0 bridgehead atoms. The summed E-state index contributed by atoms with van der Waals surface area (Å²) in [5.41, 5.74) is 4.34. The van der Waals surface area contributed by atoms with Crippen molar-refractivity contribution in [2.24, 2.45) is 5.10 Å². The number of ether oxygens (including phenoxy) is 1. The molecule has 126 valence electrons. The summed E-state index contributed by atoms with van der Waals surface area (Å²) < 4.78 is 6.09. The van der Waals surface area contributed by atoms with Gasteiger partial charge >= 0.3 is 0 Å². The van der Waals surface area contributed by atoms with Crippen LogP contribution in [0.2, 0.25) is 0 Å². The van der Waals surface area contributed by atoms with E-state index in [-0.39, 0.29) is 11.9 Å².